The Morgan fingerprint density at radius 1 is 0.909 bits per heavy atom. The quantitative estimate of drug-likeness (QED) is 0.588. The Kier molecular flexibility index (Phi) is 3.05. The minimum atomic E-state index is 0.818. The van der Waals surface area contributed by atoms with Crippen molar-refractivity contribution in [2.45, 2.75) is 0 Å². The molecule has 22 heavy (non-hydrogen) atoms. The first-order valence-electron chi connectivity index (χ1n) is 7.10. The molecule has 0 saturated carbocycles. The molecule has 0 radical (unpaired) electrons. The topological polar surface area (TPSA) is 53.6 Å². The molecule has 3 heterocycles. The van der Waals surface area contributed by atoms with Gasteiger partial charge in [0, 0.05) is 47.0 Å². The van der Waals surface area contributed by atoms with Crippen molar-refractivity contribution in [3.8, 4) is 11.3 Å². The number of fused-ring (bicyclic) bond motifs is 1. The summed E-state index contributed by atoms with van der Waals surface area (Å²) in [6, 6.07) is 18.1. The summed E-state index contributed by atoms with van der Waals surface area (Å²) in [5.74, 6) is 0.818. The van der Waals surface area contributed by atoms with Gasteiger partial charge in [-0.05, 0) is 30.3 Å². The summed E-state index contributed by atoms with van der Waals surface area (Å²) in [7, 11) is 0. The number of aromatic nitrogens is 3. The van der Waals surface area contributed by atoms with Crippen LogP contribution in [0.25, 0.3) is 22.2 Å². The number of pyridine rings is 2. The third kappa shape index (κ3) is 2.42. The zero-order chi connectivity index (χ0) is 14.8. The number of rotatable bonds is 3. The van der Waals surface area contributed by atoms with E-state index in [0.29, 0.717) is 0 Å². The molecule has 0 amide bonds. The van der Waals surface area contributed by atoms with Crippen molar-refractivity contribution in [1.29, 1.82) is 0 Å². The van der Waals surface area contributed by atoms with E-state index in [4.69, 9.17) is 0 Å². The lowest BCUT2D eigenvalue weighted by Crippen LogP contribution is -1.92. The van der Waals surface area contributed by atoms with Crippen LogP contribution in [0.15, 0.2) is 73.2 Å². The average molecular weight is 286 g/mol. The van der Waals surface area contributed by atoms with Gasteiger partial charge in [0.25, 0.3) is 0 Å². The van der Waals surface area contributed by atoms with Crippen LogP contribution in [0, 0.1) is 0 Å². The second-order valence-electron chi connectivity index (χ2n) is 5.07. The molecule has 3 aromatic heterocycles. The summed E-state index contributed by atoms with van der Waals surface area (Å²) in [6.07, 6.45) is 5.49. The number of benzene rings is 1. The lowest BCUT2D eigenvalue weighted by Gasteiger charge is -2.04. The second kappa shape index (κ2) is 5.33. The molecule has 0 unspecified atom stereocenters. The molecular formula is C18H14N4. The van der Waals surface area contributed by atoms with E-state index in [1.54, 1.807) is 6.20 Å². The average Bonchev–Trinajstić information content (AvgIpc) is 3.00. The Balaban J connectivity index is 1.69. The molecule has 0 saturated heterocycles. The summed E-state index contributed by atoms with van der Waals surface area (Å²) in [4.78, 5) is 12.0. The Labute approximate surface area is 127 Å². The number of nitrogens with zero attached hydrogens (tertiary/aromatic N) is 2. The van der Waals surface area contributed by atoms with Gasteiger partial charge in [0.2, 0.25) is 0 Å². The van der Waals surface area contributed by atoms with Crippen molar-refractivity contribution in [3.05, 3.63) is 73.2 Å². The Morgan fingerprint density at radius 3 is 2.64 bits per heavy atom. The van der Waals surface area contributed by atoms with Crippen LogP contribution in [0.3, 0.4) is 0 Å². The number of hydrogen-bond donors (Lipinski definition) is 2. The predicted molar refractivity (Wildman–Crippen MR) is 89.0 cm³/mol. The summed E-state index contributed by atoms with van der Waals surface area (Å²) in [5.41, 5.74) is 4.18. The summed E-state index contributed by atoms with van der Waals surface area (Å²) in [5, 5.41) is 4.38. The molecule has 106 valence electrons. The molecular weight excluding hydrogens is 272 g/mol. The molecule has 4 rings (SSSR count). The van der Waals surface area contributed by atoms with Gasteiger partial charge in [0.1, 0.15) is 5.82 Å². The Hall–Kier alpha value is -3.14. The van der Waals surface area contributed by atoms with Crippen molar-refractivity contribution in [2.75, 3.05) is 5.32 Å². The lowest BCUT2D eigenvalue weighted by atomic mass is 10.2. The highest BCUT2D eigenvalue weighted by molar-refractivity contribution is 5.87. The molecule has 4 heteroatoms. The summed E-state index contributed by atoms with van der Waals surface area (Å²) in [6.45, 7) is 0. The highest BCUT2D eigenvalue weighted by Crippen LogP contribution is 2.25. The first-order chi connectivity index (χ1) is 10.9. The van der Waals surface area contributed by atoms with E-state index in [-0.39, 0.29) is 0 Å². The van der Waals surface area contributed by atoms with Gasteiger partial charge in [-0.3, -0.25) is 4.98 Å². The number of hydrogen-bond acceptors (Lipinski definition) is 3. The molecule has 4 nitrogen and oxygen atoms in total. The highest BCUT2D eigenvalue weighted by Gasteiger charge is 2.05. The maximum Gasteiger partial charge on any atom is 0.132 e. The fourth-order valence-corrected chi connectivity index (χ4v) is 2.44. The third-order valence-corrected chi connectivity index (χ3v) is 3.52. The molecule has 1 aromatic carbocycles. The van der Waals surface area contributed by atoms with Gasteiger partial charge in [-0.1, -0.05) is 18.2 Å². The van der Waals surface area contributed by atoms with Crippen LogP contribution in [0.4, 0.5) is 11.5 Å². The van der Waals surface area contributed by atoms with E-state index in [0.717, 1.165) is 33.7 Å². The van der Waals surface area contributed by atoms with E-state index in [9.17, 15) is 0 Å². The molecule has 0 fully saturated rings. The zero-order valence-electron chi connectivity index (χ0n) is 11.8. The fourth-order valence-electron chi connectivity index (χ4n) is 2.44. The molecule has 0 aliphatic rings. The Morgan fingerprint density at radius 2 is 1.82 bits per heavy atom. The highest BCUT2D eigenvalue weighted by atomic mass is 15.0. The summed E-state index contributed by atoms with van der Waals surface area (Å²) < 4.78 is 0. The lowest BCUT2D eigenvalue weighted by molar-refractivity contribution is 1.31. The molecule has 0 atom stereocenters. The number of para-hydroxylation sites is 1. The van der Waals surface area contributed by atoms with Crippen LogP contribution in [-0.4, -0.2) is 15.0 Å². The number of aromatic amines is 1. The van der Waals surface area contributed by atoms with E-state index in [1.807, 2.05) is 60.9 Å². The second-order valence-corrected chi connectivity index (χ2v) is 5.07. The van der Waals surface area contributed by atoms with Crippen LogP contribution in [0.2, 0.25) is 0 Å². The number of nitrogens with one attached hydrogen (secondary N) is 2. The zero-order valence-corrected chi connectivity index (χ0v) is 11.8. The van der Waals surface area contributed by atoms with Gasteiger partial charge < -0.3 is 10.3 Å². The molecule has 0 spiro atoms. The predicted octanol–water partition coefficient (Wildman–Crippen LogP) is 4.37. The van der Waals surface area contributed by atoms with E-state index in [2.05, 4.69) is 26.3 Å². The first-order valence-corrected chi connectivity index (χ1v) is 7.10. The van der Waals surface area contributed by atoms with Crippen molar-refractivity contribution in [2.24, 2.45) is 0 Å². The molecule has 0 aliphatic heterocycles. The normalized spacial score (nSPS) is 10.7. The number of anilines is 2. The smallest absolute Gasteiger partial charge is 0.132 e. The van der Waals surface area contributed by atoms with E-state index >= 15 is 0 Å². The van der Waals surface area contributed by atoms with Crippen LogP contribution in [0.5, 0.6) is 0 Å². The van der Waals surface area contributed by atoms with Crippen molar-refractivity contribution >= 4 is 22.4 Å². The minimum Gasteiger partial charge on any atom is -0.354 e. The standard InChI is InChI=1S/C18H14N4/c1-2-6-15(7-3-1)21-18-10-17-14(12-20-18)9-16(22-17)13-5-4-8-19-11-13/h1-12,22H,(H,20,21). The maximum absolute atomic E-state index is 4.46. The van der Waals surface area contributed by atoms with E-state index in [1.165, 1.54) is 0 Å². The van der Waals surface area contributed by atoms with E-state index < -0.39 is 0 Å². The van der Waals surface area contributed by atoms with Gasteiger partial charge >= 0.3 is 0 Å². The van der Waals surface area contributed by atoms with Gasteiger partial charge in [-0.25, -0.2) is 4.98 Å². The maximum atomic E-state index is 4.46. The van der Waals surface area contributed by atoms with Crippen LogP contribution in [0.1, 0.15) is 0 Å². The van der Waals surface area contributed by atoms with Gasteiger partial charge in [0.15, 0.2) is 0 Å². The fraction of sp³-hybridized carbons (Fsp3) is 0. The van der Waals surface area contributed by atoms with Crippen molar-refractivity contribution in [3.63, 3.8) is 0 Å². The third-order valence-electron chi connectivity index (χ3n) is 3.52. The van der Waals surface area contributed by atoms with Crippen LogP contribution < -0.4 is 5.32 Å². The van der Waals surface area contributed by atoms with Crippen molar-refractivity contribution in [1.82, 2.24) is 15.0 Å². The molecule has 0 aliphatic carbocycles. The van der Waals surface area contributed by atoms with Crippen molar-refractivity contribution < 1.29 is 0 Å². The largest absolute Gasteiger partial charge is 0.354 e. The van der Waals surface area contributed by atoms with Crippen LogP contribution in [-0.2, 0) is 0 Å². The van der Waals surface area contributed by atoms with Crippen LogP contribution >= 0.6 is 0 Å². The minimum absolute atomic E-state index is 0.818. The Bertz CT molecular complexity index is 898. The SMILES string of the molecule is c1ccc(Nc2cc3[nH]c(-c4cccnc4)cc3cn2)cc1. The molecule has 2 N–H and O–H groups in total. The molecule has 4 aromatic rings. The summed E-state index contributed by atoms with van der Waals surface area (Å²) >= 11 is 0. The van der Waals surface area contributed by atoms with Gasteiger partial charge in [-0.2, -0.15) is 0 Å². The van der Waals surface area contributed by atoms with Gasteiger partial charge in [0.05, 0.1) is 5.52 Å². The van der Waals surface area contributed by atoms with Gasteiger partial charge in [-0.15, -0.1) is 0 Å². The number of H-pyrrole nitrogens is 1. The monoisotopic (exact) mass is 286 g/mol. The first kappa shape index (κ1) is 12.6. The molecule has 0 bridgehead atoms.